The van der Waals surface area contributed by atoms with Gasteiger partial charge in [-0.25, -0.2) is 4.79 Å². The average molecular weight is 389 g/mol. The van der Waals surface area contributed by atoms with Crippen molar-refractivity contribution in [3.05, 3.63) is 24.5 Å². The van der Waals surface area contributed by atoms with Crippen molar-refractivity contribution in [3.8, 4) is 5.75 Å². The maximum Gasteiger partial charge on any atom is 0.410 e. The van der Waals surface area contributed by atoms with Gasteiger partial charge in [-0.2, -0.15) is 0 Å². The zero-order valence-electron chi connectivity index (χ0n) is 17.1. The highest BCUT2D eigenvalue weighted by molar-refractivity contribution is 5.80. The van der Waals surface area contributed by atoms with Crippen molar-refractivity contribution in [2.24, 2.45) is 5.92 Å². The van der Waals surface area contributed by atoms with Crippen molar-refractivity contribution in [2.45, 2.75) is 58.2 Å². The molecular weight excluding hydrogens is 358 g/mol. The normalized spacial score (nSPS) is 23.2. The fraction of sp³-hybridized carbons (Fsp3) is 0.667. The van der Waals surface area contributed by atoms with Gasteiger partial charge in [0.25, 0.3) is 0 Å². The Balaban J connectivity index is 1.56. The molecule has 2 amide bonds. The Labute approximate surface area is 167 Å². The minimum absolute atomic E-state index is 0.00866. The number of rotatable bonds is 3. The van der Waals surface area contributed by atoms with Crippen LogP contribution >= 0.6 is 0 Å². The minimum Gasteiger partial charge on any atom is -0.488 e. The van der Waals surface area contributed by atoms with E-state index in [-0.39, 0.29) is 24.0 Å². The highest BCUT2D eigenvalue weighted by atomic mass is 16.6. The Morgan fingerprint density at radius 1 is 1.04 bits per heavy atom. The fourth-order valence-electron chi connectivity index (χ4n) is 3.77. The monoisotopic (exact) mass is 389 g/mol. The van der Waals surface area contributed by atoms with Gasteiger partial charge in [0.1, 0.15) is 17.5 Å². The van der Waals surface area contributed by atoms with E-state index in [4.69, 9.17) is 9.47 Å². The predicted octanol–water partition coefficient (Wildman–Crippen LogP) is 3.10. The van der Waals surface area contributed by atoms with Gasteiger partial charge in [0.05, 0.1) is 12.5 Å². The van der Waals surface area contributed by atoms with Gasteiger partial charge in [0.2, 0.25) is 5.91 Å². The molecule has 0 N–H and O–H groups in total. The predicted molar refractivity (Wildman–Crippen MR) is 105 cm³/mol. The van der Waals surface area contributed by atoms with Crippen molar-refractivity contribution in [2.75, 3.05) is 26.2 Å². The smallest absolute Gasteiger partial charge is 0.410 e. The summed E-state index contributed by atoms with van der Waals surface area (Å²) in [6, 6.07) is 3.67. The molecule has 0 bridgehead atoms. The van der Waals surface area contributed by atoms with Gasteiger partial charge in [-0.05, 0) is 58.6 Å². The molecule has 7 nitrogen and oxygen atoms in total. The maximum absolute atomic E-state index is 13.1. The minimum atomic E-state index is -0.529. The molecule has 2 atom stereocenters. The molecule has 2 aliphatic heterocycles. The number of carbonyl (C=O) groups excluding carboxylic acids is 2. The molecule has 154 valence electrons. The van der Waals surface area contributed by atoms with E-state index in [1.807, 2.05) is 37.8 Å². The Kier molecular flexibility index (Phi) is 6.42. The van der Waals surface area contributed by atoms with E-state index in [9.17, 15) is 9.59 Å². The summed E-state index contributed by atoms with van der Waals surface area (Å²) in [5.41, 5.74) is -0.529. The second-order valence-corrected chi connectivity index (χ2v) is 8.61. The Morgan fingerprint density at radius 2 is 1.71 bits per heavy atom. The molecule has 0 radical (unpaired) electrons. The van der Waals surface area contributed by atoms with Crippen LogP contribution in [0.3, 0.4) is 0 Å². The third kappa shape index (κ3) is 5.59. The number of hydrogen-bond donors (Lipinski definition) is 0. The van der Waals surface area contributed by atoms with Crippen LogP contribution in [0, 0.1) is 5.92 Å². The van der Waals surface area contributed by atoms with E-state index < -0.39 is 5.60 Å². The van der Waals surface area contributed by atoms with Crippen molar-refractivity contribution in [1.29, 1.82) is 0 Å². The summed E-state index contributed by atoms with van der Waals surface area (Å²) in [5.74, 6) is 0.736. The Hall–Kier alpha value is -2.31. The molecule has 2 unspecified atom stereocenters. The van der Waals surface area contributed by atoms with E-state index in [0.29, 0.717) is 19.6 Å². The highest BCUT2D eigenvalue weighted by Crippen LogP contribution is 2.24. The lowest BCUT2D eigenvalue weighted by Gasteiger charge is -2.38. The van der Waals surface area contributed by atoms with Crippen LogP contribution in [-0.2, 0) is 9.53 Å². The first-order chi connectivity index (χ1) is 13.3. The topological polar surface area (TPSA) is 72.0 Å². The third-order valence-corrected chi connectivity index (χ3v) is 5.06. The van der Waals surface area contributed by atoms with E-state index >= 15 is 0 Å². The molecule has 2 aliphatic rings. The number of pyridine rings is 1. The van der Waals surface area contributed by atoms with Crippen molar-refractivity contribution in [3.63, 3.8) is 0 Å². The number of nitrogens with zero attached hydrogens (tertiary/aromatic N) is 3. The molecule has 0 aromatic carbocycles. The van der Waals surface area contributed by atoms with Gasteiger partial charge in [-0.15, -0.1) is 0 Å². The van der Waals surface area contributed by atoms with Crippen LogP contribution in [0.15, 0.2) is 24.5 Å². The summed E-state index contributed by atoms with van der Waals surface area (Å²) in [6.45, 7) is 7.98. The lowest BCUT2D eigenvalue weighted by atomic mass is 9.95. The van der Waals surface area contributed by atoms with Crippen LogP contribution in [0.25, 0.3) is 0 Å². The lowest BCUT2D eigenvalue weighted by molar-refractivity contribution is -0.139. The van der Waals surface area contributed by atoms with E-state index in [2.05, 4.69) is 4.98 Å². The molecule has 1 aromatic rings. The Morgan fingerprint density at radius 3 is 2.43 bits per heavy atom. The van der Waals surface area contributed by atoms with Crippen molar-refractivity contribution >= 4 is 12.0 Å². The number of carbonyl (C=O) groups is 2. The summed E-state index contributed by atoms with van der Waals surface area (Å²) < 4.78 is 11.5. The van der Waals surface area contributed by atoms with E-state index in [0.717, 1.165) is 38.0 Å². The summed E-state index contributed by atoms with van der Waals surface area (Å²) in [6.07, 6.45) is 6.55. The van der Waals surface area contributed by atoms with Gasteiger partial charge in [0, 0.05) is 32.0 Å². The quantitative estimate of drug-likeness (QED) is 0.794. The number of aromatic nitrogens is 1. The molecule has 7 heteroatoms. The van der Waals surface area contributed by atoms with Gasteiger partial charge >= 0.3 is 6.09 Å². The van der Waals surface area contributed by atoms with Crippen molar-refractivity contribution in [1.82, 2.24) is 14.8 Å². The number of hydrogen-bond acceptors (Lipinski definition) is 5. The molecule has 0 aliphatic carbocycles. The molecule has 1 aromatic heterocycles. The summed E-state index contributed by atoms with van der Waals surface area (Å²) >= 11 is 0. The zero-order chi connectivity index (χ0) is 20.1. The fourth-order valence-corrected chi connectivity index (χ4v) is 3.77. The second-order valence-electron chi connectivity index (χ2n) is 8.61. The first-order valence-corrected chi connectivity index (χ1v) is 10.2. The molecule has 3 rings (SSSR count). The second kappa shape index (κ2) is 8.80. The van der Waals surface area contributed by atoms with Crippen LogP contribution in [-0.4, -0.2) is 64.7 Å². The highest BCUT2D eigenvalue weighted by Gasteiger charge is 2.35. The molecule has 2 fully saturated rings. The zero-order valence-corrected chi connectivity index (χ0v) is 17.1. The third-order valence-electron chi connectivity index (χ3n) is 5.06. The Bertz CT molecular complexity index is 674. The SMILES string of the molecule is CC(C)(C)OC(=O)N1CCCC(C(=O)N2CCCC(Oc3ccncc3)C2)C1. The number of ether oxygens (including phenoxy) is 2. The van der Waals surface area contributed by atoms with E-state index in [1.165, 1.54) is 0 Å². The lowest BCUT2D eigenvalue weighted by Crippen LogP contribution is -2.51. The van der Waals surface area contributed by atoms with Crippen LogP contribution in [0.1, 0.15) is 46.5 Å². The molecule has 0 saturated carbocycles. The molecule has 0 spiro atoms. The molecule has 28 heavy (non-hydrogen) atoms. The van der Waals surface area contributed by atoms with Crippen LogP contribution in [0.2, 0.25) is 0 Å². The largest absolute Gasteiger partial charge is 0.488 e. The molecule has 3 heterocycles. The number of piperidine rings is 2. The van der Waals surface area contributed by atoms with Crippen LogP contribution in [0.4, 0.5) is 4.79 Å². The average Bonchev–Trinajstić information content (AvgIpc) is 2.67. The van der Waals surface area contributed by atoms with Crippen LogP contribution in [0.5, 0.6) is 5.75 Å². The first kappa shape index (κ1) is 20.4. The summed E-state index contributed by atoms with van der Waals surface area (Å²) in [7, 11) is 0. The first-order valence-electron chi connectivity index (χ1n) is 10.2. The molecular formula is C21H31N3O4. The number of amides is 2. The van der Waals surface area contributed by atoms with Gasteiger partial charge < -0.3 is 19.3 Å². The van der Waals surface area contributed by atoms with E-state index in [1.54, 1.807) is 17.3 Å². The number of likely N-dealkylation sites (tertiary alicyclic amines) is 2. The molecule has 2 saturated heterocycles. The maximum atomic E-state index is 13.1. The van der Waals surface area contributed by atoms with Gasteiger partial charge in [-0.1, -0.05) is 0 Å². The standard InChI is InChI=1S/C21H31N3O4/c1-21(2,3)28-20(26)24-13-4-6-16(14-24)19(25)23-12-5-7-18(15-23)27-17-8-10-22-11-9-17/h8-11,16,18H,4-7,12-15H2,1-3H3. The van der Waals surface area contributed by atoms with Crippen molar-refractivity contribution < 1.29 is 19.1 Å². The summed E-state index contributed by atoms with van der Waals surface area (Å²) in [4.78, 5) is 33.0. The van der Waals surface area contributed by atoms with Crippen LogP contribution < -0.4 is 4.74 Å². The van der Waals surface area contributed by atoms with Gasteiger partial charge in [-0.3, -0.25) is 9.78 Å². The van der Waals surface area contributed by atoms with Gasteiger partial charge in [0.15, 0.2) is 0 Å². The summed E-state index contributed by atoms with van der Waals surface area (Å²) in [5, 5.41) is 0.